The molecule has 70 valence electrons. The quantitative estimate of drug-likeness (QED) is 0.657. The molecule has 0 aromatic heterocycles. The first-order valence-electron chi connectivity index (χ1n) is 4.66. The van der Waals surface area contributed by atoms with E-state index in [4.69, 9.17) is 0 Å². The third-order valence-electron chi connectivity index (χ3n) is 2.20. The van der Waals surface area contributed by atoms with Gasteiger partial charge in [-0.25, -0.2) is 0 Å². The summed E-state index contributed by atoms with van der Waals surface area (Å²) in [4.78, 5) is 13.2. The van der Waals surface area contributed by atoms with Crippen LogP contribution in [0.4, 0.5) is 0 Å². The molecule has 0 saturated carbocycles. The number of nitrogens with zero attached hydrogens (tertiary/aromatic N) is 1. The van der Waals surface area contributed by atoms with Crippen molar-refractivity contribution >= 4 is 5.78 Å². The second-order valence-corrected chi connectivity index (χ2v) is 3.58. The molecule has 3 heteroatoms. The zero-order valence-corrected chi connectivity index (χ0v) is 7.97. The van der Waals surface area contributed by atoms with E-state index < -0.39 is 0 Å². The molecule has 0 amide bonds. The van der Waals surface area contributed by atoms with E-state index in [1.54, 1.807) is 0 Å². The van der Waals surface area contributed by atoms with Gasteiger partial charge in [0, 0.05) is 19.0 Å². The van der Waals surface area contributed by atoms with Crippen LogP contribution in [0, 0.1) is 0 Å². The van der Waals surface area contributed by atoms with Crippen molar-refractivity contribution in [3.63, 3.8) is 0 Å². The normalized spacial score (nSPS) is 23.9. The molecule has 0 aliphatic carbocycles. The maximum absolute atomic E-state index is 10.9. The van der Waals surface area contributed by atoms with Gasteiger partial charge in [0.15, 0.2) is 0 Å². The predicted octanol–water partition coefficient (Wildman–Crippen LogP) is 0.259. The van der Waals surface area contributed by atoms with Crippen molar-refractivity contribution in [2.75, 3.05) is 26.7 Å². The van der Waals surface area contributed by atoms with Crippen molar-refractivity contribution < 1.29 is 4.79 Å². The Hall–Kier alpha value is -0.410. The van der Waals surface area contributed by atoms with Crippen LogP contribution in [0.15, 0.2) is 0 Å². The van der Waals surface area contributed by atoms with Gasteiger partial charge in [-0.1, -0.05) is 6.92 Å². The zero-order valence-electron chi connectivity index (χ0n) is 7.97. The lowest BCUT2D eigenvalue weighted by molar-refractivity contribution is -0.116. The Morgan fingerprint density at radius 1 is 1.67 bits per heavy atom. The average Bonchev–Trinajstić information content (AvgIpc) is 2.36. The molecule has 1 atom stereocenters. The second-order valence-electron chi connectivity index (χ2n) is 3.58. The van der Waals surface area contributed by atoms with E-state index in [0.29, 0.717) is 24.8 Å². The minimum Gasteiger partial charge on any atom is -0.305 e. The highest BCUT2D eigenvalue weighted by molar-refractivity contribution is 5.83. The van der Waals surface area contributed by atoms with Crippen LogP contribution in [0.25, 0.3) is 0 Å². The van der Waals surface area contributed by atoms with Crippen LogP contribution in [0.2, 0.25) is 0 Å². The first-order chi connectivity index (χ1) is 5.72. The molecule has 1 heterocycles. The van der Waals surface area contributed by atoms with Gasteiger partial charge in [0.1, 0.15) is 5.78 Å². The Balaban J connectivity index is 2.18. The maximum Gasteiger partial charge on any atom is 0.148 e. The smallest absolute Gasteiger partial charge is 0.148 e. The number of carbonyl (C=O) groups excluding carboxylic acids is 1. The highest BCUT2D eigenvalue weighted by atomic mass is 16.1. The van der Waals surface area contributed by atoms with Crippen LogP contribution in [-0.4, -0.2) is 43.4 Å². The Morgan fingerprint density at radius 3 is 2.92 bits per heavy atom. The van der Waals surface area contributed by atoms with Gasteiger partial charge in [-0.2, -0.15) is 0 Å². The molecule has 1 rings (SSSR count). The molecule has 1 fully saturated rings. The zero-order chi connectivity index (χ0) is 8.97. The van der Waals surface area contributed by atoms with Crippen LogP contribution < -0.4 is 5.32 Å². The fourth-order valence-electron chi connectivity index (χ4n) is 1.66. The van der Waals surface area contributed by atoms with Crippen LogP contribution in [0.3, 0.4) is 0 Å². The Morgan fingerprint density at radius 2 is 2.42 bits per heavy atom. The maximum atomic E-state index is 10.9. The van der Waals surface area contributed by atoms with E-state index in [0.717, 1.165) is 13.1 Å². The summed E-state index contributed by atoms with van der Waals surface area (Å²) in [5, 5.41) is 3.20. The van der Waals surface area contributed by atoms with E-state index in [1.165, 1.54) is 6.42 Å². The summed E-state index contributed by atoms with van der Waals surface area (Å²) >= 11 is 0. The number of ketones is 1. The van der Waals surface area contributed by atoms with Crippen LogP contribution in [0.5, 0.6) is 0 Å². The lowest BCUT2D eigenvalue weighted by atomic mass is 10.2. The number of Topliss-reactive ketones (excluding diaryl/α,β-unsaturated/α-hetero) is 1. The SMILES string of the molecule is CCCN(C)CC1CC(=O)CN1. The van der Waals surface area contributed by atoms with Crippen molar-refractivity contribution in [1.29, 1.82) is 0 Å². The van der Waals surface area contributed by atoms with Gasteiger partial charge in [-0.3, -0.25) is 4.79 Å². The molecule has 0 radical (unpaired) electrons. The Labute approximate surface area is 74.1 Å². The van der Waals surface area contributed by atoms with Crippen molar-refractivity contribution in [3.05, 3.63) is 0 Å². The lowest BCUT2D eigenvalue weighted by Gasteiger charge is -2.19. The summed E-state index contributed by atoms with van der Waals surface area (Å²) < 4.78 is 0. The van der Waals surface area contributed by atoms with Crippen molar-refractivity contribution in [1.82, 2.24) is 10.2 Å². The highest BCUT2D eigenvalue weighted by Crippen LogP contribution is 2.03. The van der Waals surface area contributed by atoms with E-state index in [-0.39, 0.29) is 0 Å². The molecule has 1 unspecified atom stereocenters. The van der Waals surface area contributed by atoms with Crippen molar-refractivity contribution in [3.8, 4) is 0 Å². The first-order valence-corrected chi connectivity index (χ1v) is 4.66. The number of likely N-dealkylation sites (N-methyl/N-ethyl adjacent to an activating group) is 1. The highest BCUT2D eigenvalue weighted by Gasteiger charge is 2.21. The molecule has 0 bridgehead atoms. The molecule has 12 heavy (non-hydrogen) atoms. The van der Waals surface area contributed by atoms with Crippen LogP contribution >= 0.6 is 0 Å². The van der Waals surface area contributed by atoms with Crippen molar-refractivity contribution in [2.45, 2.75) is 25.8 Å². The molecule has 1 aliphatic rings. The standard InChI is InChI=1S/C9H18N2O/c1-3-4-11(2)7-8-5-9(12)6-10-8/h8,10H,3-7H2,1-2H3. The van der Waals surface area contributed by atoms with Gasteiger partial charge >= 0.3 is 0 Å². The number of carbonyl (C=O) groups is 1. The summed E-state index contributed by atoms with van der Waals surface area (Å²) in [6.07, 6.45) is 1.89. The van der Waals surface area contributed by atoms with E-state index >= 15 is 0 Å². The van der Waals surface area contributed by atoms with Gasteiger partial charge in [0.05, 0.1) is 6.54 Å². The van der Waals surface area contributed by atoms with E-state index in [1.807, 2.05) is 0 Å². The molecular weight excluding hydrogens is 152 g/mol. The molecule has 3 nitrogen and oxygen atoms in total. The molecule has 1 saturated heterocycles. The van der Waals surface area contributed by atoms with Gasteiger partial charge < -0.3 is 10.2 Å². The third kappa shape index (κ3) is 2.91. The van der Waals surface area contributed by atoms with E-state index in [9.17, 15) is 4.79 Å². The molecular formula is C9H18N2O. The summed E-state index contributed by atoms with van der Waals surface area (Å²) in [6, 6.07) is 0.397. The summed E-state index contributed by atoms with van der Waals surface area (Å²) in [6.45, 7) is 4.86. The Bertz CT molecular complexity index is 159. The number of nitrogens with one attached hydrogen (secondary N) is 1. The minimum absolute atomic E-state index is 0.352. The largest absolute Gasteiger partial charge is 0.305 e. The number of rotatable bonds is 4. The van der Waals surface area contributed by atoms with Gasteiger partial charge in [-0.15, -0.1) is 0 Å². The van der Waals surface area contributed by atoms with Crippen molar-refractivity contribution in [2.24, 2.45) is 0 Å². The molecule has 0 spiro atoms. The minimum atomic E-state index is 0.352. The molecule has 0 aromatic rings. The fraction of sp³-hybridized carbons (Fsp3) is 0.889. The first kappa shape index (κ1) is 9.68. The molecule has 1 N–H and O–H groups in total. The van der Waals surface area contributed by atoms with Gasteiger partial charge in [0.25, 0.3) is 0 Å². The fourth-order valence-corrected chi connectivity index (χ4v) is 1.66. The Kier molecular flexibility index (Phi) is 3.69. The predicted molar refractivity (Wildman–Crippen MR) is 49.2 cm³/mol. The summed E-state index contributed by atoms with van der Waals surface area (Å²) in [7, 11) is 2.11. The van der Waals surface area contributed by atoms with E-state index in [2.05, 4.69) is 24.2 Å². The van der Waals surface area contributed by atoms with Gasteiger partial charge in [-0.05, 0) is 20.0 Å². The second kappa shape index (κ2) is 4.58. The average molecular weight is 170 g/mol. The summed E-state index contributed by atoms with van der Waals surface area (Å²) in [5.41, 5.74) is 0. The topological polar surface area (TPSA) is 32.3 Å². The number of hydrogen-bond donors (Lipinski definition) is 1. The molecule has 0 aromatic carbocycles. The summed E-state index contributed by atoms with van der Waals surface area (Å²) in [5.74, 6) is 0.352. The lowest BCUT2D eigenvalue weighted by Crippen LogP contribution is -2.35. The third-order valence-corrected chi connectivity index (χ3v) is 2.20. The van der Waals surface area contributed by atoms with Crippen LogP contribution in [0.1, 0.15) is 19.8 Å². The monoisotopic (exact) mass is 170 g/mol. The molecule has 1 aliphatic heterocycles. The van der Waals surface area contributed by atoms with Gasteiger partial charge in [0.2, 0.25) is 0 Å². The van der Waals surface area contributed by atoms with Crippen LogP contribution in [-0.2, 0) is 4.79 Å². The number of hydrogen-bond acceptors (Lipinski definition) is 3.